The molecule has 0 unspecified atom stereocenters. The Morgan fingerprint density at radius 1 is 0.917 bits per heavy atom. The summed E-state index contributed by atoms with van der Waals surface area (Å²) in [4.78, 5) is 0. The monoisotopic (exact) mass is 170 g/mol. The third kappa shape index (κ3) is 3.11. The van der Waals surface area contributed by atoms with Crippen LogP contribution in [0.15, 0.2) is 0 Å². The topological polar surface area (TPSA) is 24.1 Å². The lowest BCUT2D eigenvalue weighted by Crippen LogP contribution is -2.54. The van der Waals surface area contributed by atoms with Crippen molar-refractivity contribution in [1.82, 2.24) is 10.6 Å². The summed E-state index contributed by atoms with van der Waals surface area (Å²) >= 11 is 0. The van der Waals surface area contributed by atoms with E-state index in [0.29, 0.717) is 0 Å². The van der Waals surface area contributed by atoms with Gasteiger partial charge in [0.05, 0.1) is 0 Å². The summed E-state index contributed by atoms with van der Waals surface area (Å²) in [5.41, 5.74) is 0. The molecule has 0 aliphatic carbocycles. The Labute approximate surface area is 76.1 Å². The average Bonchev–Trinajstić information content (AvgIpc) is 2.09. The van der Waals surface area contributed by atoms with Gasteiger partial charge in [0.25, 0.3) is 0 Å². The minimum absolute atomic E-state index is 0.725. The SMILES string of the molecule is CCC[C@@H]1CN[C@@H](CCC)CN1. The van der Waals surface area contributed by atoms with Crippen molar-refractivity contribution in [2.24, 2.45) is 0 Å². The molecule has 0 saturated carbocycles. The standard InChI is InChI=1S/C10H22N2/c1-3-5-9-7-12-10(6-4-2)8-11-9/h9-12H,3-8H2,1-2H3/t9-,10+. The lowest BCUT2D eigenvalue weighted by atomic mass is 10.1. The largest absolute Gasteiger partial charge is 0.311 e. The van der Waals surface area contributed by atoms with Gasteiger partial charge in [-0.3, -0.25) is 0 Å². The Kier molecular flexibility index (Phi) is 4.62. The molecule has 0 aromatic rings. The molecule has 2 nitrogen and oxygen atoms in total. The van der Waals surface area contributed by atoms with Gasteiger partial charge < -0.3 is 10.6 Å². The van der Waals surface area contributed by atoms with E-state index in [0.717, 1.165) is 12.1 Å². The van der Waals surface area contributed by atoms with Crippen molar-refractivity contribution in [2.75, 3.05) is 13.1 Å². The maximum atomic E-state index is 3.59. The Morgan fingerprint density at radius 2 is 1.33 bits per heavy atom. The third-order valence-corrected chi connectivity index (χ3v) is 2.58. The highest BCUT2D eigenvalue weighted by atomic mass is 15.1. The van der Waals surface area contributed by atoms with E-state index in [4.69, 9.17) is 0 Å². The number of rotatable bonds is 4. The molecule has 1 aliphatic heterocycles. The lowest BCUT2D eigenvalue weighted by molar-refractivity contribution is 0.320. The van der Waals surface area contributed by atoms with Crippen molar-refractivity contribution in [2.45, 2.75) is 51.6 Å². The highest BCUT2D eigenvalue weighted by Gasteiger charge is 2.17. The summed E-state index contributed by atoms with van der Waals surface area (Å²) in [6.45, 7) is 6.83. The van der Waals surface area contributed by atoms with Crippen LogP contribution in [0.4, 0.5) is 0 Å². The maximum absolute atomic E-state index is 3.59. The molecule has 0 spiro atoms. The molecule has 2 N–H and O–H groups in total. The molecule has 0 radical (unpaired) electrons. The Balaban J connectivity index is 2.11. The van der Waals surface area contributed by atoms with Gasteiger partial charge in [-0.05, 0) is 12.8 Å². The number of nitrogens with one attached hydrogen (secondary N) is 2. The van der Waals surface area contributed by atoms with Gasteiger partial charge in [-0.15, -0.1) is 0 Å². The van der Waals surface area contributed by atoms with Crippen LogP contribution in [0.1, 0.15) is 39.5 Å². The second kappa shape index (κ2) is 5.55. The number of piperazine rings is 1. The van der Waals surface area contributed by atoms with E-state index in [2.05, 4.69) is 24.5 Å². The predicted octanol–water partition coefficient (Wildman–Crippen LogP) is 1.52. The Morgan fingerprint density at radius 3 is 1.58 bits per heavy atom. The van der Waals surface area contributed by atoms with Crippen LogP contribution in [0.5, 0.6) is 0 Å². The van der Waals surface area contributed by atoms with E-state index < -0.39 is 0 Å². The zero-order valence-corrected chi connectivity index (χ0v) is 8.40. The molecular weight excluding hydrogens is 148 g/mol. The van der Waals surface area contributed by atoms with Gasteiger partial charge >= 0.3 is 0 Å². The third-order valence-electron chi connectivity index (χ3n) is 2.58. The first-order valence-corrected chi connectivity index (χ1v) is 5.33. The second-order valence-electron chi connectivity index (χ2n) is 3.79. The van der Waals surface area contributed by atoms with Gasteiger partial charge in [0.15, 0.2) is 0 Å². The minimum Gasteiger partial charge on any atom is -0.311 e. The lowest BCUT2D eigenvalue weighted by Gasteiger charge is -2.30. The van der Waals surface area contributed by atoms with Crippen molar-refractivity contribution in [3.8, 4) is 0 Å². The van der Waals surface area contributed by atoms with Crippen LogP contribution in [-0.4, -0.2) is 25.2 Å². The van der Waals surface area contributed by atoms with Crippen molar-refractivity contribution in [3.05, 3.63) is 0 Å². The molecule has 0 aromatic carbocycles. The summed E-state index contributed by atoms with van der Waals surface area (Å²) in [6, 6.07) is 1.45. The molecular formula is C10H22N2. The van der Waals surface area contributed by atoms with E-state index in [9.17, 15) is 0 Å². The summed E-state index contributed by atoms with van der Waals surface area (Å²) in [6.07, 6.45) is 5.20. The van der Waals surface area contributed by atoms with Crippen molar-refractivity contribution in [3.63, 3.8) is 0 Å². The molecule has 1 aliphatic rings. The molecule has 0 bridgehead atoms. The highest BCUT2D eigenvalue weighted by Crippen LogP contribution is 2.04. The fourth-order valence-electron chi connectivity index (χ4n) is 1.87. The van der Waals surface area contributed by atoms with E-state index in [1.807, 2.05) is 0 Å². The zero-order valence-electron chi connectivity index (χ0n) is 8.40. The molecule has 72 valence electrons. The van der Waals surface area contributed by atoms with Crippen LogP contribution in [0.25, 0.3) is 0 Å². The van der Waals surface area contributed by atoms with Crippen molar-refractivity contribution in [1.29, 1.82) is 0 Å². The maximum Gasteiger partial charge on any atom is 0.0193 e. The van der Waals surface area contributed by atoms with E-state index in [-0.39, 0.29) is 0 Å². The molecule has 1 rings (SSSR count). The first-order chi connectivity index (χ1) is 5.86. The van der Waals surface area contributed by atoms with Crippen LogP contribution < -0.4 is 10.6 Å². The van der Waals surface area contributed by atoms with Gasteiger partial charge in [0, 0.05) is 25.2 Å². The van der Waals surface area contributed by atoms with Crippen LogP contribution in [0.2, 0.25) is 0 Å². The van der Waals surface area contributed by atoms with Crippen molar-refractivity contribution < 1.29 is 0 Å². The molecule has 1 heterocycles. The first kappa shape index (κ1) is 10.0. The van der Waals surface area contributed by atoms with Crippen LogP contribution in [0.3, 0.4) is 0 Å². The van der Waals surface area contributed by atoms with Crippen LogP contribution in [0, 0.1) is 0 Å². The average molecular weight is 170 g/mol. The van der Waals surface area contributed by atoms with E-state index in [1.165, 1.54) is 38.8 Å². The number of hydrogen-bond acceptors (Lipinski definition) is 2. The Bertz CT molecular complexity index is 92.4. The quantitative estimate of drug-likeness (QED) is 0.668. The van der Waals surface area contributed by atoms with Crippen molar-refractivity contribution >= 4 is 0 Å². The van der Waals surface area contributed by atoms with Gasteiger partial charge in [-0.1, -0.05) is 26.7 Å². The van der Waals surface area contributed by atoms with Gasteiger partial charge in [-0.25, -0.2) is 0 Å². The molecule has 0 aromatic heterocycles. The molecule has 12 heavy (non-hydrogen) atoms. The smallest absolute Gasteiger partial charge is 0.0193 e. The fraction of sp³-hybridized carbons (Fsp3) is 1.00. The minimum atomic E-state index is 0.725. The first-order valence-electron chi connectivity index (χ1n) is 5.33. The molecule has 1 fully saturated rings. The van der Waals surface area contributed by atoms with E-state index in [1.54, 1.807) is 0 Å². The van der Waals surface area contributed by atoms with Crippen LogP contribution in [-0.2, 0) is 0 Å². The van der Waals surface area contributed by atoms with Gasteiger partial charge in [-0.2, -0.15) is 0 Å². The van der Waals surface area contributed by atoms with Crippen LogP contribution >= 0.6 is 0 Å². The fourth-order valence-corrected chi connectivity index (χ4v) is 1.87. The molecule has 0 amide bonds. The van der Waals surface area contributed by atoms with E-state index >= 15 is 0 Å². The highest BCUT2D eigenvalue weighted by molar-refractivity contribution is 4.82. The summed E-state index contributed by atoms with van der Waals surface area (Å²) in [7, 11) is 0. The molecule has 2 heteroatoms. The summed E-state index contributed by atoms with van der Waals surface area (Å²) < 4.78 is 0. The molecule has 2 atom stereocenters. The second-order valence-corrected chi connectivity index (χ2v) is 3.79. The molecule has 1 saturated heterocycles. The van der Waals surface area contributed by atoms with Gasteiger partial charge in [0.1, 0.15) is 0 Å². The predicted molar refractivity (Wildman–Crippen MR) is 53.4 cm³/mol. The Hall–Kier alpha value is -0.0800. The summed E-state index contributed by atoms with van der Waals surface area (Å²) in [5, 5.41) is 7.18. The zero-order chi connectivity index (χ0) is 8.81. The normalized spacial score (nSPS) is 30.5. The number of hydrogen-bond donors (Lipinski definition) is 2. The summed E-state index contributed by atoms with van der Waals surface area (Å²) in [5.74, 6) is 0. The van der Waals surface area contributed by atoms with Gasteiger partial charge in [0.2, 0.25) is 0 Å².